The van der Waals surface area contributed by atoms with E-state index in [4.69, 9.17) is 4.74 Å². The zero-order valence-corrected chi connectivity index (χ0v) is 21.9. The molecule has 8 heteroatoms. The molecule has 0 saturated heterocycles. The standard InChI is InChI=1S/C26H21N3O3S.Na/c1-29(22-10-9-18(14-27)20-5-3-4-6-21(20)22)23-15-28-12-11-25(23)33-16-19-8-7-17(26(30)31)13-24(19)32-2;/h3-13,15H,16H2,1-2H3,(H,30,31);/q;+1/p-1. The number of nitriles is 1. The van der Waals surface area contributed by atoms with Gasteiger partial charge in [-0.3, -0.25) is 4.98 Å². The molecule has 0 aliphatic heterocycles. The molecule has 0 fully saturated rings. The summed E-state index contributed by atoms with van der Waals surface area (Å²) in [7, 11) is 3.49. The smallest absolute Gasteiger partial charge is 0.545 e. The number of fused-ring (bicyclic) bond motifs is 1. The number of carbonyl (C=O) groups is 1. The van der Waals surface area contributed by atoms with Crippen molar-refractivity contribution in [1.82, 2.24) is 4.98 Å². The molecule has 4 aromatic rings. The van der Waals surface area contributed by atoms with Crippen molar-refractivity contribution in [2.75, 3.05) is 19.1 Å². The fourth-order valence-corrected chi connectivity index (χ4v) is 4.74. The summed E-state index contributed by atoms with van der Waals surface area (Å²) in [5.74, 6) is -0.151. The van der Waals surface area contributed by atoms with Crippen LogP contribution in [0.5, 0.6) is 5.75 Å². The molecule has 0 unspecified atom stereocenters. The van der Waals surface area contributed by atoms with Crippen LogP contribution in [0.2, 0.25) is 0 Å². The molecule has 3 aromatic carbocycles. The first-order valence-electron chi connectivity index (χ1n) is 10.1. The monoisotopic (exact) mass is 477 g/mol. The van der Waals surface area contributed by atoms with Gasteiger partial charge in [-0.25, -0.2) is 0 Å². The molecule has 0 spiro atoms. The molecule has 1 aromatic heterocycles. The summed E-state index contributed by atoms with van der Waals surface area (Å²) in [6.45, 7) is 0. The van der Waals surface area contributed by atoms with Gasteiger partial charge in [-0.05, 0) is 24.3 Å². The van der Waals surface area contributed by atoms with Gasteiger partial charge in [-0.1, -0.05) is 36.4 Å². The third-order valence-corrected chi connectivity index (χ3v) is 6.52. The third kappa shape index (κ3) is 5.21. The van der Waals surface area contributed by atoms with Crippen molar-refractivity contribution in [3.05, 3.63) is 89.7 Å². The van der Waals surface area contributed by atoms with Crippen LogP contribution in [-0.2, 0) is 5.75 Å². The summed E-state index contributed by atoms with van der Waals surface area (Å²) in [4.78, 5) is 18.5. The second-order valence-electron chi connectivity index (χ2n) is 7.29. The predicted molar refractivity (Wildman–Crippen MR) is 128 cm³/mol. The van der Waals surface area contributed by atoms with E-state index < -0.39 is 5.97 Å². The van der Waals surface area contributed by atoms with Gasteiger partial charge < -0.3 is 19.5 Å². The first-order valence-corrected chi connectivity index (χ1v) is 11.1. The van der Waals surface area contributed by atoms with Gasteiger partial charge in [0.15, 0.2) is 0 Å². The number of methoxy groups -OCH3 is 1. The maximum atomic E-state index is 11.1. The van der Waals surface area contributed by atoms with Gasteiger partial charge in [0, 0.05) is 51.5 Å². The molecule has 0 aliphatic rings. The van der Waals surface area contributed by atoms with Gasteiger partial charge in [0.1, 0.15) is 5.75 Å². The first-order chi connectivity index (χ1) is 16.0. The normalized spacial score (nSPS) is 10.3. The van der Waals surface area contributed by atoms with Gasteiger partial charge in [-0.2, -0.15) is 5.26 Å². The molecule has 0 atom stereocenters. The van der Waals surface area contributed by atoms with Crippen LogP contribution in [-0.4, -0.2) is 25.1 Å². The number of aromatic carboxylic acids is 1. The van der Waals surface area contributed by atoms with Crippen LogP contribution in [0.1, 0.15) is 21.5 Å². The van der Waals surface area contributed by atoms with Crippen LogP contribution in [0.25, 0.3) is 10.8 Å². The van der Waals surface area contributed by atoms with Crippen LogP contribution in [0.15, 0.2) is 78.0 Å². The van der Waals surface area contributed by atoms with Crippen LogP contribution in [0.4, 0.5) is 11.4 Å². The van der Waals surface area contributed by atoms with Crippen LogP contribution < -0.4 is 44.3 Å². The number of thioether (sulfide) groups is 1. The van der Waals surface area contributed by atoms with E-state index in [1.54, 1.807) is 24.0 Å². The summed E-state index contributed by atoms with van der Waals surface area (Å²) >= 11 is 1.60. The number of nitrogens with zero attached hydrogens (tertiary/aromatic N) is 3. The minimum Gasteiger partial charge on any atom is -0.545 e. The summed E-state index contributed by atoms with van der Waals surface area (Å²) in [5.41, 5.74) is 3.48. The molecule has 0 aliphatic carbocycles. The Morgan fingerprint density at radius 2 is 1.88 bits per heavy atom. The summed E-state index contributed by atoms with van der Waals surface area (Å²) in [5, 5.41) is 22.5. The summed E-state index contributed by atoms with van der Waals surface area (Å²) in [6.07, 6.45) is 3.55. The van der Waals surface area contributed by atoms with Gasteiger partial charge in [0.05, 0.1) is 36.6 Å². The van der Waals surface area contributed by atoms with Gasteiger partial charge in [0.25, 0.3) is 0 Å². The van der Waals surface area contributed by atoms with Gasteiger partial charge in [0.2, 0.25) is 0 Å². The molecule has 1 heterocycles. The van der Waals surface area contributed by atoms with Crippen molar-refractivity contribution in [3.8, 4) is 11.8 Å². The van der Waals surface area contributed by atoms with Crippen LogP contribution in [0.3, 0.4) is 0 Å². The molecule has 6 nitrogen and oxygen atoms in total. The Balaban J connectivity index is 0.00000324. The van der Waals surface area contributed by atoms with Crippen LogP contribution in [0, 0.1) is 11.3 Å². The van der Waals surface area contributed by atoms with Crippen molar-refractivity contribution in [2.45, 2.75) is 10.6 Å². The van der Waals surface area contributed by atoms with E-state index in [1.165, 1.54) is 19.2 Å². The van der Waals surface area contributed by atoms with E-state index in [-0.39, 0.29) is 35.1 Å². The number of aromatic nitrogens is 1. The molecule has 0 N–H and O–H groups in total. The Morgan fingerprint density at radius 3 is 2.59 bits per heavy atom. The molecule has 0 saturated carbocycles. The third-order valence-electron chi connectivity index (χ3n) is 5.41. The van der Waals surface area contributed by atoms with E-state index in [9.17, 15) is 15.2 Å². The summed E-state index contributed by atoms with van der Waals surface area (Å²) in [6, 6.07) is 20.6. The number of hydrogen-bond acceptors (Lipinski definition) is 7. The average Bonchev–Trinajstić information content (AvgIpc) is 2.86. The predicted octanol–water partition coefficient (Wildman–Crippen LogP) is 1.54. The maximum Gasteiger partial charge on any atom is 1.00 e. The molecular formula is C26H20N3NaO3S. The quantitative estimate of drug-likeness (QED) is 0.295. The molecule has 0 radical (unpaired) electrons. The molecule has 4 rings (SSSR count). The van der Waals surface area contributed by atoms with Crippen molar-refractivity contribution in [2.24, 2.45) is 0 Å². The number of hydrogen-bond donors (Lipinski definition) is 0. The number of carbonyl (C=O) groups excluding carboxylic acids is 1. The number of ether oxygens (including phenoxy) is 1. The van der Waals surface area contributed by atoms with Crippen LogP contribution >= 0.6 is 11.8 Å². The minimum absolute atomic E-state index is 0. The zero-order chi connectivity index (χ0) is 23.4. The number of carboxylic acids is 1. The fraction of sp³-hybridized carbons (Fsp3) is 0.115. The molecule has 34 heavy (non-hydrogen) atoms. The number of rotatable bonds is 7. The van der Waals surface area contributed by atoms with Crippen molar-refractivity contribution >= 4 is 39.9 Å². The molecule has 0 amide bonds. The SMILES string of the molecule is COc1cc(C(=O)[O-])ccc1CSc1ccncc1N(C)c1ccc(C#N)c2ccccc12.[Na+]. The van der Waals surface area contributed by atoms with E-state index >= 15 is 0 Å². The molecular weight excluding hydrogens is 457 g/mol. The topological polar surface area (TPSA) is 89.3 Å². The Kier molecular flexibility index (Phi) is 8.59. The van der Waals surface area contributed by atoms with E-state index in [0.29, 0.717) is 17.1 Å². The van der Waals surface area contributed by atoms with Gasteiger partial charge >= 0.3 is 29.6 Å². The molecule has 0 bridgehead atoms. The van der Waals surface area contributed by atoms with Gasteiger partial charge in [-0.15, -0.1) is 11.8 Å². The van der Waals surface area contributed by atoms with Crippen molar-refractivity contribution in [1.29, 1.82) is 5.26 Å². The largest absolute Gasteiger partial charge is 1.00 e. The van der Waals surface area contributed by atoms with Crippen molar-refractivity contribution in [3.63, 3.8) is 0 Å². The Bertz CT molecular complexity index is 1390. The second-order valence-corrected chi connectivity index (χ2v) is 8.31. The second kappa shape index (κ2) is 11.4. The van der Waals surface area contributed by atoms with Crippen molar-refractivity contribution < 1.29 is 44.2 Å². The molecule has 164 valence electrons. The maximum absolute atomic E-state index is 11.1. The average molecular weight is 478 g/mol. The van der Waals surface area contributed by atoms with E-state index in [1.807, 2.05) is 55.7 Å². The Hall–Kier alpha value is -3.02. The number of carboxylic acid groups (broad SMARTS) is 1. The first kappa shape index (κ1) is 25.6. The fourth-order valence-electron chi connectivity index (χ4n) is 3.70. The Labute approximate surface area is 224 Å². The Morgan fingerprint density at radius 1 is 1.12 bits per heavy atom. The minimum atomic E-state index is -1.24. The van der Waals surface area contributed by atoms with E-state index in [0.717, 1.165) is 32.6 Å². The number of anilines is 2. The number of benzene rings is 3. The number of pyridine rings is 1. The summed E-state index contributed by atoms with van der Waals surface area (Å²) < 4.78 is 5.39. The zero-order valence-electron chi connectivity index (χ0n) is 19.1. The van der Waals surface area contributed by atoms with E-state index in [2.05, 4.69) is 16.0 Å².